The van der Waals surface area contributed by atoms with E-state index in [1.807, 2.05) is 0 Å². The maximum Gasteiger partial charge on any atom is 0.0520 e. The normalized spacial score (nSPS) is 12.6. The molecular formula is C53H43N. The molecule has 1 aliphatic carbocycles. The quantitative estimate of drug-likeness (QED) is 0.161. The first-order valence-corrected chi connectivity index (χ1v) is 18.9. The molecule has 8 aromatic rings. The van der Waals surface area contributed by atoms with Crippen molar-refractivity contribution in [2.24, 2.45) is 0 Å². The molecule has 0 heterocycles. The summed E-state index contributed by atoms with van der Waals surface area (Å²) in [4.78, 5) is 2.47. The lowest BCUT2D eigenvalue weighted by Gasteiger charge is -2.31. The minimum Gasteiger partial charge on any atom is -0.310 e. The predicted molar refractivity (Wildman–Crippen MR) is 230 cm³/mol. The summed E-state index contributed by atoms with van der Waals surface area (Å²) in [6, 6.07) is 68.8. The highest BCUT2D eigenvalue weighted by Gasteiger charge is 2.36. The highest BCUT2D eigenvalue weighted by molar-refractivity contribution is 5.90. The van der Waals surface area contributed by atoms with Gasteiger partial charge in [-0.2, -0.15) is 0 Å². The largest absolute Gasteiger partial charge is 0.310 e. The Hall–Kier alpha value is -6.44. The lowest BCUT2D eigenvalue weighted by molar-refractivity contribution is 0.660. The average Bonchev–Trinajstić information content (AvgIpc) is 3.45. The molecule has 0 spiro atoms. The first-order chi connectivity index (χ1) is 26.4. The van der Waals surface area contributed by atoms with Crippen molar-refractivity contribution in [2.75, 3.05) is 4.90 Å². The van der Waals surface area contributed by atoms with Gasteiger partial charge in [0.1, 0.15) is 0 Å². The zero-order valence-electron chi connectivity index (χ0n) is 31.3. The molecule has 8 aromatic carbocycles. The molecule has 1 heteroatoms. The SMILES string of the molecule is Cc1cc(-c2ccccc2-c2ccccc2)cc(C)c1N(c1ccc(-c2ccc(-c3ccccc3)cc2)cc1)c1ccc2c(c1)C(C)(C)c1ccccc1-2. The Morgan fingerprint density at radius 3 is 1.35 bits per heavy atom. The Bertz CT molecular complexity index is 2590. The molecular weight excluding hydrogens is 651 g/mol. The molecule has 0 atom stereocenters. The number of hydrogen-bond donors (Lipinski definition) is 0. The molecule has 1 aliphatic rings. The number of fused-ring (bicyclic) bond motifs is 3. The van der Waals surface area contributed by atoms with E-state index < -0.39 is 0 Å². The zero-order valence-corrected chi connectivity index (χ0v) is 31.3. The van der Waals surface area contributed by atoms with Crippen molar-refractivity contribution in [3.63, 3.8) is 0 Å². The third kappa shape index (κ3) is 5.83. The lowest BCUT2D eigenvalue weighted by Crippen LogP contribution is -2.17. The molecule has 260 valence electrons. The van der Waals surface area contributed by atoms with E-state index in [1.165, 1.54) is 89.3 Å². The van der Waals surface area contributed by atoms with Crippen LogP contribution in [0.25, 0.3) is 55.6 Å². The summed E-state index contributed by atoms with van der Waals surface area (Å²) >= 11 is 0. The van der Waals surface area contributed by atoms with Gasteiger partial charge in [-0.25, -0.2) is 0 Å². The number of benzene rings is 8. The first kappa shape index (κ1) is 33.4. The van der Waals surface area contributed by atoms with Crippen LogP contribution in [0.1, 0.15) is 36.1 Å². The van der Waals surface area contributed by atoms with Gasteiger partial charge in [-0.1, -0.05) is 166 Å². The predicted octanol–water partition coefficient (Wildman–Crippen LogP) is 14.7. The summed E-state index contributed by atoms with van der Waals surface area (Å²) in [5.41, 5.74) is 21.1. The van der Waals surface area contributed by atoms with Crippen LogP contribution in [0, 0.1) is 13.8 Å². The standard InChI is InChI=1S/C53H43N/c1-36-33-43(47-20-12-11-19-46(47)42-17-9-6-10-18-42)34-37(2)52(36)54(45-31-32-49-48-21-13-14-22-50(48)53(3,4)51(49)35-45)44-29-27-41(28-30-44)40-25-23-39(24-26-40)38-15-7-5-8-16-38/h5-35H,1-4H3. The van der Waals surface area contributed by atoms with E-state index in [4.69, 9.17) is 0 Å². The smallest absolute Gasteiger partial charge is 0.0520 e. The van der Waals surface area contributed by atoms with Gasteiger partial charge in [-0.3, -0.25) is 0 Å². The number of aryl methyl sites for hydroxylation is 2. The van der Waals surface area contributed by atoms with Crippen molar-refractivity contribution < 1.29 is 0 Å². The van der Waals surface area contributed by atoms with Crippen LogP contribution in [0.5, 0.6) is 0 Å². The number of nitrogens with zero attached hydrogens (tertiary/aromatic N) is 1. The summed E-state index contributed by atoms with van der Waals surface area (Å²) in [7, 11) is 0. The van der Waals surface area contributed by atoms with Crippen molar-refractivity contribution in [1.29, 1.82) is 0 Å². The van der Waals surface area contributed by atoms with E-state index in [9.17, 15) is 0 Å². The van der Waals surface area contributed by atoms with Gasteiger partial charge >= 0.3 is 0 Å². The van der Waals surface area contributed by atoms with Crippen LogP contribution >= 0.6 is 0 Å². The van der Waals surface area contributed by atoms with Crippen LogP contribution in [0.3, 0.4) is 0 Å². The van der Waals surface area contributed by atoms with Gasteiger partial charge < -0.3 is 4.90 Å². The molecule has 54 heavy (non-hydrogen) atoms. The summed E-state index contributed by atoms with van der Waals surface area (Å²) < 4.78 is 0. The minimum atomic E-state index is -0.0987. The van der Waals surface area contributed by atoms with Crippen molar-refractivity contribution in [3.8, 4) is 55.6 Å². The Morgan fingerprint density at radius 2 is 0.759 bits per heavy atom. The molecule has 0 saturated carbocycles. The second-order valence-corrected chi connectivity index (χ2v) is 15.1. The van der Waals surface area contributed by atoms with Crippen LogP contribution in [0.4, 0.5) is 17.1 Å². The topological polar surface area (TPSA) is 3.24 Å². The summed E-state index contributed by atoms with van der Waals surface area (Å²) in [6.07, 6.45) is 0. The van der Waals surface area contributed by atoms with Gasteiger partial charge in [0.05, 0.1) is 5.69 Å². The van der Waals surface area contributed by atoms with Crippen LogP contribution < -0.4 is 4.90 Å². The van der Waals surface area contributed by atoms with E-state index in [-0.39, 0.29) is 5.41 Å². The molecule has 0 aromatic heterocycles. The summed E-state index contributed by atoms with van der Waals surface area (Å²) in [6.45, 7) is 9.25. The van der Waals surface area contributed by atoms with Gasteiger partial charge in [0, 0.05) is 16.8 Å². The second-order valence-electron chi connectivity index (χ2n) is 15.1. The van der Waals surface area contributed by atoms with E-state index in [1.54, 1.807) is 0 Å². The molecule has 9 rings (SSSR count). The van der Waals surface area contributed by atoms with Crippen molar-refractivity contribution in [2.45, 2.75) is 33.1 Å². The molecule has 0 amide bonds. The second kappa shape index (κ2) is 13.5. The Balaban J connectivity index is 1.15. The molecule has 1 nitrogen and oxygen atoms in total. The highest BCUT2D eigenvalue weighted by atomic mass is 15.1. The molecule has 0 saturated heterocycles. The third-order valence-electron chi connectivity index (χ3n) is 11.3. The highest BCUT2D eigenvalue weighted by Crippen LogP contribution is 2.51. The van der Waals surface area contributed by atoms with Gasteiger partial charge in [-0.15, -0.1) is 0 Å². The van der Waals surface area contributed by atoms with Crippen LogP contribution in [-0.2, 0) is 5.41 Å². The van der Waals surface area contributed by atoms with Crippen molar-refractivity contribution in [1.82, 2.24) is 0 Å². The molecule has 0 radical (unpaired) electrons. The Kier molecular flexibility index (Phi) is 8.36. The van der Waals surface area contributed by atoms with Gasteiger partial charge in [0.15, 0.2) is 0 Å². The molecule has 0 fully saturated rings. The first-order valence-electron chi connectivity index (χ1n) is 18.9. The molecule has 0 unspecified atom stereocenters. The lowest BCUT2D eigenvalue weighted by atomic mass is 9.82. The fourth-order valence-corrected chi connectivity index (χ4v) is 8.60. The zero-order chi connectivity index (χ0) is 36.8. The van der Waals surface area contributed by atoms with Crippen molar-refractivity contribution in [3.05, 3.63) is 210 Å². The Labute approximate surface area is 319 Å². The minimum absolute atomic E-state index is 0.0987. The fourth-order valence-electron chi connectivity index (χ4n) is 8.60. The monoisotopic (exact) mass is 693 g/mol. The average molecular weight is 694 g/mol. The fraction of sp³-hybridized carbons (Fsp3) is 0.0943. The Morgan fingerprint density at radius 1 is 0.333 bits per heavy atom. The third-order valence-corrected chi connectivity index (χ3v) is 11.3. The van der Waals surface area contributed by atoms with Gasteiger partial charge in [0.2, 0.25) is 0 Å². The van der Waals surface area contributed by atoms with E-state index in [0.29, 0.717) is 0 Å². The summed E-state index contributed by atoms with van der Waals surface area (Å²) in [5.74, 6) is 0. The van der Waals surface area contributed by atoms with Crippen LogP contribution in [0.2, 0.25) is 0 Å². The van der Waals surface area contributed by atoms with E-state index in [0.717, 1.165) is 5.69 Å². The summed E-state index contributed by atoms with van der Waals surface area (Å²) in [5, 5.41) is 0. The maximum atomic E-state index is 2.47. The van der Waals surface area contributed by atoms with E-state index >= 15 is 0 Å². The number of rotatable bonds is 7. The van der Waals surface area contributed by atoms with Crippen molar-refractivity contribution >= 4 is 17.1 Å². The molecule has 0 aliphatic heterocycles. The molecule has 0 N–H and O–H groups in total. The van der Waals surface area contributed by atoms with Crippen LogP contribution in [-0.4, -0.2) is 0 Å². The number of anilines is 3. The van der Waals surface area contributed by atoms with Gasteiger partial charge in [-0.05, 0) is 128 Å². The van der Waals surface area contributed by atoms with Gasteiger partial charge in [0.25, 0.3) is 0 Å². The maximum absolute atomic E-state index is 2.47. The number of hydrogen-bond acceptors (Lipinski definition) is 1. The molecule has 0 bridgehead atoms. The van der Waals surface area contributed by atoms with E-state index in [2.05, 4.69) is 221 Å². The van der Waals surface area contributed by atoms with Crippen LogP contribution in [0.15, 0.2) is 188 Å².